The van der Waals surface area contributed by atoms with Gasteiger partial charge >= 0.3 is 5.97 Å². The van der Waals surface area contributed by atoms with Crippen molar-refractivity contribution in [3.63, 3.8) is 0 Å². The molecular weight excluding hydrogens is 615 g/mol. The maximum atomic E-state index is 12.4. The van der Waals surface area contributed by atoms with E-state index in [-0.39, 0.29) is 30.4 Å². The van der Waals surface area contributed by atoms with E-state index in [1.807, 2.05) is 6.07 Å². The molecule has 4 aromatic rings. The van der Waals surface area contributed by atoms with E-state index >= 15 is 0 Å². The summed E-state index contributed by atoms with van der Waals surface area (Å²) in [4.78, 5) is 12.4. The van der Waals surface area contributed by atoms with Gasteiger partial charge in [0.05, 0.1) is 18.1 Å². The van der Waals surface area contributed by atoms with Gasteiger partial charge in [-0.25, -0.2) is 4.79 Å². The first-order chi connectivity index (χ1) is 20.8. The quantitative estimate of drug-likeness (QED) is 0.149. The number of hydrogen-bond donors (Lipinski definition) is 1. The van der Waals surface area contributed by atoms with E-state index in [0.717, 1.165) is 5.56 Å². The second-order valence-corrected chi connectivity index (χ2v) is 10.5. The second-order valence-electron chi connectivity index (χ2n) is 9.25. The normalized spacial score (nSPS) is 13.8. The number of esters is 1. The van der Waals surface area contributed by atoms with Crippen LogP contribution in [0.25, 0.3) is 0 Å². The Labute approximate surface area is 262 Å². The summed E-state index contributed by atoms with van der Waals surface area (Å²) in [5, 5.41) is 11.4. The first kappa shape index (κ1) is 29.9. The smallest absolute Gasteiger partial charge is 0.349 e. The number of nitrogens with two attached hydrogens (primary N) is 1. The minimum atomic E-state index is -0.645. The van der Waals surface area contributed by atoms with Gasteiger partial charge in [0.15, 0.2) is 18.1 Å². The molecule has 1 heterocycles. The molecule has 2 N–H and O–H groups in total. The highest BCUT2D eigenvalue weighted by atomic mass is 35.5. The van der Waals surface area contributed by atoms with Crippen molar-refractivity contribution in [2.24, 2.45) is 5.73 Å². The number of carbonyl (C=O) groups excluding carboxylic acids is 1. The molecule has 0 bridgehead atoms. The maximum absolute atomic E-state index is 12.4. The summed E-state index contributed by atoms with van der Waals surface area (Å²) in [7, 11) is 1.52. The van der Waals surface area contributed by atoms with Crippen molar-refractivity contribution < 1.29 is 28.5 Å². The van der Waals surface area contributed by atoms with Crippen LogP contribution in [0.15, 0.2) is 90.3 Å². The minimum Gasteiger partial charge on any atom is -0.493 e. The number of nitriles is 1. The highest BCUT2D eigenvalue weighted by Crippen LogP contribution is 2.45. The lowest BCUT2D eigenvalue weighted by Crippen LogP contribution is -2.22. The Morgan fingerprint density at radius 3 is 2.49 bits per heavy atom. The molecule has 0 aliphatic carbocycles. The second kappa shape index (κ2) is 13.2. The third kappa shape index (κ3) is 6.76. The number of hydrogen-bond acceptors (Lipinski definition) is 8. The van der Waals surface area contributed by atoms with E-state index < -0.39 is 11.9 Å². The summed E-state index contributed by atoms with van der Waals surface area (Å²) in [6.45, 7) is -0.170. The molecule has 5 rings (SSSR count). The van der Waals surface area contributed by atoms with E-state index in [1.54, 1.807) is 66.7 Å². The Morgan fingerprint density at radius 1 is 0.930 bits per heavy atom. The Bertz CT molecular complexity index is 1770. The summed E-state index contributed by atoms with van der Waals surface area (Å²) in [5.74, 6) is 0.514. The standard InChI is InChI=1S/C32H23Cl3N2O6/c1-39-29-12-18(7-11-27(29)40-16-19-6-8-20(33)13-25(19)35)31-22-10-9-21(14-28(22)43-32(37)23(31)15-36)42-30(38)17-41-26-5-3-2-4-24(26)34/h2-14,31H,16-17,37H2,1H3. The van der Waals surface area contributed by atoms with E-state index in [9.17, 15) is 10.1 Å². The topological polar surface area (TPSA) is 113 Å². The molecule has 0 fully saturated rings. The highest BCUT2D eigenvalue weighted by molar-refractivity contribution is 6.35. The van der Waals surface area contributed by atoms with Crippen molar-refractivity contribution in [3.05, 3.63) is 122 Å². The number of halogens is 3. The van der Waals surface area contributed by atoms with Crippen molar-refractivity contribution >= 4 is 40.8 Å². The van der Waals surface area contributed by atoms with E-state index in [1.165, 1.54) is 13.2 Å². The summed E-state index contributed by atoms with van der Waals surface area (Å²) < 4.78 is 28.2. The van der Waals surface area contributed by atoms with Crippen LogP contribution in [0.1, 0.15) is 22.6 Å². The van der Waals surface area contributed by atoms with Gasteiger partial charge in [0.25, 0.3) is 0 Å². The van der Waals surface area contributed by atoms with Crippen molar-refractivity contribution in [3.8, 4) is 34.8 Å². The van der Waals surface area contributed by atoms with Crippen LogP contribution < -0.4 is 29.4 Å². The number of nitrogens with zero attached hydrogens (tertiary/aromatic N) is 1. The lowest BCUT2D eigenvalue weighted by atomic mass is 9.83. The van der Waals surface area contributed by atoms with Crippen LogP contribution in [0.2, 0.25) is 15.1 Å². The predicted molar refractivity (Wildman–Crippen MR) is 162 cm³/mol. The SMILES string of the molecule is COc1cc(C2C(C#N)=C(N)Oc3cc(OC(=O)COc4ccccc4Cl)ccc32)ccc1OCc1ccc(Cl)cc1Cl. The lowest BCUT2D eigenvalue weighted by molar-refractivity contribution is -0.136. The molecule has 43 heavy (non-hydrogen) atoms. The van der Waals surface area contributed by atoms with Crippen LogP contribution in [0.4, 0.5) is 0 Å². The first-order valence-corrected chi connectivity index (χ1v) is 13.9. The van der Waals surface area contributed by atoms with Crippen LogP contribution in [-0.2, 0) is 11.4 Å². The zero-order valence-electron chi connectivity index (χ0n) is 22.6. The largest absolute Gasteiger partial charge is 0.493 e. The fourth-order valence-corrected chi connectivity index (χ4v) is 5.13. The first-order valence-electron chi connectivity index (χ1n) is 12.8. The van der Waals surface area contributed by atoms with Crippen molar-refractivity contribution in [1.29, 1.82) is 5.26 Å². The van der Waals surface area contributed by atoms with E-state index in [2.05, 4.69) is 6.07 Å². The molecule has 0 amide bonds. The Kier molecular flexibility index (Phi) is 9.17. The molecule has 0 radical (unpaired) electrons. The van der Waals surface area contributed by atoms with Gasteiger partial charge in [-0.1, -0.05) is 65.1 Å². The molecular formula is C32H23Cl3N2O6. The molecule has 218 valence electrons. The molecule has 1 atom stereocenters. The fourth-order valence-electron chi connectivity index (χ4n) is 4.48. The van der Waals surface area contributed by atoms with Crippen LogP contribution in [-0.4, -0.2) is 19.7 Å². The van der Waals surface area contributed by atoms with Gasteiger partial charge in [0.2, 0.25) is 5.88 Å². The van der Waals surface area contributed by atoms with Crippen molar-refractivity contribution in [2.45, 2.75) is 12.5 Å². The average molecular weight is 638 g/mol. The van der Waals surface area contributed by atoms with E-state index in [0.29, 0.717) is 49.2 Å². The highest BCUT2D eigenvalue weighted by Gasteiger charge is 2.32. The zero-order valence-corrected chi connectivity index (χ0v) is 24.9. The number of benzene rings is 4. The summed E-state index contributed by atoms with van der Waals surface area (Å²) in [5.41, 5.74) is 8.48. The molecule has 1 unspecified atom stereocenters. The predicted octanol–water partition coefficient (Wildman–Crippen LogP) is 7.44. The number of ether oxygens (including phenoxy) is 5. The van der Waals surface area contributed by atoms with Gasteiger partial charge in [-0.3, -0.25) is 0 Å². The molecule has 11 heteroatoms. The van der Waals surface area contributed by atoms with E-state index in [4.69, 9.17) is 64.2 Å². The third-order valence-electron chi connectivity index (χ3n) is 6.52. The van der Waals surface area contributed by atoms with Gasteiger partial charge in [0.1, 0.15) is 35.5 Å². The molecule has 4 aromatic carbocycles. The van der Waals surface area contributed by atoms with Crippen LogP contribution in [0.5, 0.6) is 28.7 Å². The Morgan fingerprint density at radius 2 is 1.74 bits per heavy atom. The molecule has 1 aliphatic heterocycles. The van der Waals surface area contributed by atoms with Gasteiger partial charge < -0.3 is 29.4 Å². The lowest BCUT2D eigenvalue weighted by Gasteiger charge is -2.27. The van der Waals surface area contributed by atoms with Gasteiger partial charge in [-0.2, -0.15) is 5.26 Å². The van der Waals surface area contributed by atoms with Gasteiger partial charge in [0, 0.05) is 27.2 Å². The molecule has 0 saturated carbocycles. The molecule has 0 spiro atoms. The maximum Gasteiger partial charge on any atom is 0.349 e. The number of methoxy groups -OCH3 is 1. The fraction of sp³-hybridized carbons (Fsp3) is 0.125. The number of rotatable bonds is 9. The number of para-hydroxylation sites is 1. The third-order valence-corrected chi connectivity index (χ3v) is 7.42. The zero-order chi connectivity index (χ0) is 30.5. The molecule has 0 saturated heterocycles. The summed E-state index contributed by atoms with van der Waals surface area (Å²) in [6.07, 6.45) is 0. The van der Waals surface area contributed by atoms with Gasteiger partial charge in [-0.05, 0) is 48.0 Å². The Hall–Kier alpha value is -4.55. The molecule has 0 aromatic heterocycles. The molecule has 8 nitrogen and oxygen atoms in total. The van der Waals surface area contributed by atoms with Gasteiger partial charge in [-0.15, -0.1) is 0 Å². The number of fused-ring (bicyclic) bond motifs is 1. The van der Waals surface area contributed by atoms with Crippen molar-refractivity contribution in [2.75, 3.05) is 13.7 Å². The Balaban J connectivity index is 1.36. The monoisotopic (exact) mass is 636 g/mol. The average Bonchev–Trinajstić information content (AvgIpc) is 2.99. The molecule has 1 aliphatic rings. The minimum absolute atomic E-state index is 0.0674. The summed E-state index contributed by atoms with van der Waals surface area (Å²) in [6, 6.07) is 24.3. The van der Waals surface area contributed by atoms with Crippen LogP contribution >= 0.6 is 34.8 Å². The number of allylic oxidation sites excluding steroid dienone is 1. The number of carbonyl (C=O) groups is 1. The van der Waals surface area contributed by atoms with Crippen molar-refractivity contribution in [1.82, 2.24) is 0 Å². The summed E-state index contributed by atoms with van der Waals surface area (Å²) >= 11 is 18.3. The van der Waals surface area contributed by atoms with Crippen LogP contribution in [0.3, 0.4) is 0 Å². The van der Waals surface area contributed by atoms with Crippen LogP contribution in [0, 0.1) is 11.3 Å².